The van der Waals surface area contributed by atoms with E-state index in [-0.39, 0.29) is 23.5 Å². The SMILES string of the molecule is C1CCOC1.CN1CCC(C(=O)N2CCCC2)CC1.CN1CCC(C(=O)O)CC1.CN1CCC(C(=O)O)CC1.CN1CCC(C(=O)c2cccc(Br)n2)CC1. The zero-order chi connectivity index (χ0) is 40.2. The molecule has 0 spiro atoms. The van der Waals surface area contributed by atoms with Crippen molar-refractivity contribution in [3.8, 4) is 0 Å². The standard InChI is InChI=1S/C12H15BrN2O.C11H20N2O.2C7H13NO2.C4H8O/c1-15-7-5-9(6-8-15)12(16)10-3-2-4-11(13)14-10;1-12-8-4-10(5-9-12)11(14)13-6-2-3-7-13;2*1-8-4-2-6(3-5-8)7(9)10;1-2-4-5-3-1/h2-4,9H,5-8H2,1H3;10H,2-9H2,1H3;2*6H,2-5H2,1H3,(H,9,10);1-4H2. The highest BCUT2D eigenvalue weighted by atomic mass is 79.9. The number of hydrogen-bond donors (Lipinski definition) is 2. The van der Waals surface area contributed by atoms with Crippen molar-refractivity contribution >= 4 is 39.6 Å². The highest BCUT2D eigenvalue weighted by Gasteiger charge is 2.29. The van der Waals surface area contributed by atoms with Crippen molar-refractivity contribution in [1.29, 1.82) is 0 Å². The van der Waals surface area contributed by atoms with Gasteiger partial charge in [-0.3, -0.25) is 19.2 Å². The lowest BCUT2D eigenvalue weighted by atomic mass is 9.91. The van der Waals surface area contributed by atoms with Gasteiger partial charge in [-0.25, -0.2) is 4.98 Å². The van der Waals surface area contributed by atoms with Gasteiger partial charge in [-0.05, 0) is 186 Å². The smallest absolute Gasteiger partial charge is 0.306 e. The molecule has 6 saturated heterocycles. The Morgan fingerprint density at radius 1 is 0.582 bits per heavy atom. The largest absolute Gasteiger partial charge is 0.481 e. The number of carboxylic acids is 2. The van der Waals surface area contributed by atoms with Crippen molar-refractivity contribution in [1.82, 2.24) is 29.5 Å². The van der Waals surface area contributed by atoms with Gasteiger partial charge in [-0.2, -0.15) is 0 Å². The molecule has 55 heavy (non-hydrogen) atoms. The molecule has 312 valence electrons. The van der Waals surface area contributed by atoms with Crippen LogP contribution in [0, 0.1) is 23.7 Å². The summed E-state index contributed by atoms with van der Waals surface area (Å²) in [6.07, 6.45) is 12.2. The molecule has 0 saturated carbocycles. The third kappa shape index (κ3) is 18.1. The Morgan fingerprint density at radius 2 is 0.964 bits per heavy atom. The Kier molecular flexibility index (Phi) is 21.9. The van der Waals surface area contributed by atoms with Gasteiger partial charge in [-0.1, -0.05) is 6.07 Å². The van der Waals surface area contributed by atoms with Crippen LogP contribution in [-0.4, -0.2) is 170 Å². The van der Waals surface area contributed by atoms with Crippen molar-refractivity contribution in [3.05, 3.63) is 28.5 Å². The van der Waals surface area contributed by atoms with Crippen LogP contribution in [0.2, 0.25) is 0 Å². The van der Waals surface area contributed by atoms with E-state index in [2.05, 4.69) is 59.5 Å². The quantitative estimate of drug-likeness (QED) is 0.306. The van der Waals surface area contributed by atoms with E-state index in [1.807, 2.05) is 26.2 Å². The first-order chi connectivity index (χ1) is 26.3. The number of likely N-dealkylation sites (tertiary alicyclic amines) is 5. The number of Topliss-reactive ketones (excluding diaryl/α,β-unsaturated/α-hetero) is 1. The van der Waals surface area contributed by atoms with Crippen LogP contribution >= 0.6 is 15.9 Å². The molecule has 0 aliphatic carbocycles. The van der Waals surface area contributed by atoms with Crippen LogP contribution in [0.4, 0.5) is 0 Å². The van der Waals surface area contributed by atoms with Crippen LogP contribution in [0.3, 0.4) is 0 Å². The van der Waals surface area contributed by atoms with Gasteiger partial charge in [0.15, 0.2) is 5.78 Å². The molecular formula is C41H69BrN6O7. The number of amides is 1. The number of halogens is 1. The highest BCUT2D eigenvalue weighted by Crippen LogP contribution is 2.22. The normalized spacial score (nSPS) is 22.5. The number of ketones is 1. The fraction of sp³-hybridized carbons (Fsp3) is 0.780. The molecular weight excluding hydrogens is 768 g/mol. The summed E-state index contributed by atoms with van der Waals surface area (Å²) in [6.45, 7) is 11.9. The molecule has 1 amide bonds. The summed E-state index contributed by atoms with van der Waals surface area (Å²) in [6, 6.07) is 5.50. The second kappa shape index (κ2) is 25.7. The van der Waals surface area contributed by atoms with Crippen molar-refractivity contribution in [2.75, 3.05) is 107 Å². The van der Waals surface area contributed by atoms with E-state index in [0.717, 1.165) is 135 Å². The number of carbonyl (C=O) groups excluding carboxylic acids is 2. The average Bonchev–Trinajstić information content (AvgIpc) is 3.95. The fourth-order valence-corrected chi connectivity index (χ4v) is 7.84. The number of ether oxygens (including phenoxy) is 1. The Hall–Kier alpha value is -2.49. The third-order valence-electron chi connectivity index (χ3n) is 11.5. The number of rotatable bonds is 5. The second-order valence-electron chi connectivity index (χ2n) is 16.0. The molecule has 2 N–H and O–H groups in total. The maximum absolute atomic E-state index is 12.2. The van der Waals surface area contributed by atoms with Gasteiger partial charge in [0.1, 0.15) is 10.3 Å². The molecule has 1 aromatic rings. The molecule has 13 nitrogen and oxygen atoms in total. The number of hydrogen-bond acceptors (Lipinski definition) is 10. The summed E-state index contributed by atoms with van der Waals surface area (Å²) < 4.78 is 5.67. The predicted octanol–water partition coefficient (Wildman–Crippen LogP) is 4.94. The van der Waals surface area contributed by atoms with Crippen molar-refractivity contribution in [3.63, 3.8) is 0 Å². The summed E-state index contributed by atoms with van der Waals surface area (Å²) in [5.41, 5.74) is 0.587. The second-order valence-corrected chi connectivity index (χ2v) is 16.9. The maximum Gasteiger partial charge on any atom is 0.306 e. The molecule has 0 atom stereocenters. The van der Waals surface area contributed by atoms with Gasteiger partial charge >= 0.3 is 11.9 Å². The number of nitrogens with zero attached hydrogens (tertiary/aromatic N) is 6. The molecule has 7 heterocycles. The molecule has 0 unspecified atom stereocenters. The zero-order valence-corrected chi connectivity index (χ0v) is 35.6. The van der Waals surface area contributed by atoms with Crippen molar-refractivity contribution in [2.24, 2.45) is 23.7 Å². The Morgan fingerprint density at radius 3 is 1.31 bits per heavy atom. The molecule has 6 fully saturated rings. The first-order valence-electron chi connectivity index (χ1n) is 20.6. The Labute approximate surface area is 338 Å². The van der Waals surface area contributed by atoms with Gasteiger partial charge in [0.25, 0.3) is 0 Å². The van der Waals surface area contributed by atoms with Crippen LogP contribution in [0.1, 0.15) is 87.5 Å². The molecule has 0 aromatic carbocycles. The number of aromatic nitrogens is 1. The highest BCUT2D eigenvalue weighted by molar-refractivity contribution is 9.10. The Balaban J connectivity index is 0.000000192. The first kappa shape index (κ1) is 46.9. The van der Waals surface area contributed by atoms with Crippen LogP contribution in [-0.2, 0) is 19.1 Å². The van der Waals surface area contributed by atoms with Crippen LogP contribution in [0.15, 0.2) is 22.8 Å². The van der Waals surface area contributed by atoms with Gasteiger partial charge in [0.2, 0.25) is 5.91 Å². The van der Waals surface area contributed by atoms with Gasteiger partial charge in [0, 0.05) is 38.1 Å². The summed E-state index contributed by atoms with van der Waals surface area (Å²) in [5, 5.41) is 17.2. The zero-order valence-electron chi connectivity index (χ0n) is 34.0. The summed E-state index contributed by atoms with van der Waals surface area (Å²) >= 11 is 3.29. The number of aliphatic carboxylic acids is 2. The topological polar surface area (TPSA) is 147 Å². The van der Waals surface area contributed by atoms with Crippen LogP contribution in [0.25, 0.3) is 0 Å². The number of piperidine rings is 4. The average molecular weight is 838 g/mol. The lowest BCUT2D eigenvalue weighted by Crippen LogP contribution is -2.40. The van der Waals surface area contributed by atoms with E-state index in [9.17, 15) is 19.2 Å². The minimum atomic E-state index is -0.631. The van der Waals surface area contributed by atoms with Crippen molar-refractivity contribution < 1.29 is 34.1 Å². The van der Waals surface area contributed by atoms with E-state index in [4.69, 9.17) is 14.9 Å². The molecule has 0 radical (unpaired) electrons. The molecule has 6 aliphatic heterocycles. The summed E-state index contributed by atoms with van der Waals surface area (Å²) in [4.78, 5) is 60.3. The summed E-state index contributed by atoms with van der Waals surface area (Å²) in [7, 11) is 8.28. The number of carboxylic acid groups (broad SMARTS) is 2. The van der Waals surface area contributed by atoms with E-state index < -0.39 is 11.9 Å². The van der Waals surface area contributed by atoms with Crippen LogP contribution < -0.4 is 0 Å². The minimum absolute atomic E-state index is 0.0869. The van der Waals surface area contributed by atoms with E-state index in [1.165, 1.54) is 25.7 Å². The molecule has 0 bridgehead atoms. The van der Waals surface area contributed by atoms with Crippen molar-refractivity contribution in [2.45, 2.75) is 77.0 Å². The molecule has 14 heteroatoms. The molecule has 1 aromatic heterocycles. The fourth-order valence-electron chi connectivity index (χ4n) is 7.50. The molecule has 7 rings (SSSR count). The third-order valence-corrected chi connectivity index (χ3v) is 11.9. The van der Waals surface area contributed by atoms with E-state index in [1.54, 1.807) is 6.07 Å². The van der Waals surface area contributed by atoms with Gasteiger partial charge < -0.3 is 39.4 Å². The minimum Gasteiger partial charge on any atom is -0.481 e. The van der Waals surface area contributed by atoms with Gasteiger partial charge in [0.05, 0.1) is 11.8 Å². The van der Waals surface area contributed by atoms with Gasteiger partial charge in [-0.15, -0.1) is 0 Å². The first-order valence-corrected chi connectivity index (χ1v) is 21.4. The monoisotopic (exact) mass is 836 g/mol. The van der Waals surface area contributed by atoms with E-state index >= 15 is 0 Å². The van der Waals surface area contributed by atoms with Crippen LogP contribution in [0.5, 0.6) is 0 Å². The molecule has 6 aliphatic rings. The summed E-state index contributed by atoms with van der Waals surface area (Å²) in [5.74, 6) is -0.346. The maximum atomic E-state index is 12.2. The Bertz CT molecular complexity index is 1240. The van der Waals surface area contributed by atoms with E-state index in [0.29, 0.717) is 17.5 Å². The predicted molar refractivity (Wildman–Crippen MR) is 218 cm³/mol. The lowest BCUT2D eigenvalue weighted by molar-refractivity contribution is -0.144. The number of carbonyl (C=O) groups is 4. The number of pyridine rings is 1. The lowest BCUT2D eigenvalue weighted by Gasteiger charge is -2.30.